The highest BCUT2D eigenvalue weighted by molar-refractivity contribution is 6.12. The van der Waals surface area contributed by atoms with Crippen molar-refractivity contribution in [3.63, 3.8) is 0 Å². The Balaban J connectivity index is 2.23. The first-order valence-corrected chi connectivity index (χ1v) is 8.57. The Bertz CT molecular complexity index is 886. The number of alkyl halides is 2. The lowest BCUT2D eigenvalue weighted by Crippen LogP contribution is -2.39. The van der Waals surface area contributed by atoms with Crippen molar-refractivity contribution < 1.29 is 18.4 Å². The van der Waals surface area contributed by atoms with Gasteiger partial charge in [-0.2, -0.15) is 8.78 Å². The molecule has 0 unspecified atom stereocenters. The zero-order valence-electron chi connectivity index (χ0n) is 16.2. The van der Waals surface area contributed by atoms with Crippen LogP contribution in [0.5, 0.6) is 0 Å². The second kappa shape index (κ2) is 8.28. The smallest absolute Gasteiger partial charge is 0.319 e. The molecule has 1 heterocycles. The number of carbonyl (C=O) groups excluding carboxylic acids is 2. The Labute approximate surface area is 161 Å². The molecule has 9 heteroatoms. The van der Waals surface area contributed by atoms with E-state index in [1.807, 2.05) is 0 Å². The Hall–Kier alpha value is -3.10. The van der Waals surface area contributed by atoms with E-state index in [-0.39, 0.29) is 29.3 Å². The number of imidazole rings is 1. The van der Waals surface area contributed by atoms with Gasteiger partial charge in [0.25, 0.3) is 11.8 Å². The molecule has 0 atom stereocenters. The van der Waals surface area contributed by atoms with Crippen molar-refractivity contribution in [1.29, 1.82) is 5.41 Å². The number of carbonyl (C=O) groups is 2. The van der Waals surface area contributed by atoms with Crippen molar-refractivity contribution in [2.45, 2.75) is 33.9 Å². The van der Waals surface area contributed by atoms with Crippen molar-refractivity contribution >= 4 is 17.6 Å². The SMILES string of the molecule is CN(Cc1nccn1C(F)F)C(=O)c1ccccc1C(=O)NC(=N)C(C)(C)C. The number of nitrogens with one attached hydrogen (secondary N) is 2. The molecule has 0 fully saturated rings. The molecule has 1 aromatic carbocycles. The quantitative estimate of drug-likeness (QED) is 0.605. The summed E-state index contributed by atoms with van der Waals surface area (Å²) in [5, 5.41) is 10.5. The van der Waals surface area contributed by atoms with E-state index < -0.39 is 23.8 Å². The fourth-order valence-corrected chi connectivity index (χ4v) is 2.37. The Morgan fingerprint density at radius 3 is 2.43 bits per heavy atom. The standard InChI is InChI=1S/C19H23F2N5O2/c1-19(2,3)17(22)24-15(27)12-7-5-6-8-13(12)16(28)25(4)11-14-23-9-10-26(14)18(20)21/h5-10,18H,11H2,1-4H3,(H2,22,24,27). The number of benzene rings is 1. The van der Waals surface area contributed by atoms with Crippen molar-refractivity contribution in [3.05, 3.63) is 53.6 Å². The summed E-state index contributed by atoms with van der Waals surface area (Å²) in [5.74, 6) is -1.04. The summed E-state index contributed by atoms with van der Waals surface area (Å²) in [6.07, 6.45) is 2.37. The molecule has 0 spiro atoms. The Morgan fingerprint density at radius 1 is 1.25 bits per heavy atom. The molecule has 28 heavy (non-hydrogen) atoms. The van der Waals surface area contributed by atoms with Crippen LogP contribution in [0.3, 0.4) is 0 Å². The molecule has 2 rings (SSSR count). The van der Waals surface area contributed by atoms with Gasteiger partial charge in [-0.1, -0.05) is 32.9 Å². The summed E-state index contributed by atoms with van der Waals surface area (Å²) in [4.78, 5) is 30.5. The van der Waals surface area contributed by atoms with Gasteiger partial charge in [-0.25, -0.2) is 4.98 Å². The maximum Gasteiger partial charge on any atom is 0.319 e. The van der Waals surface area contributed by atoms with Crippen LogP contribution in [-0.4, -0.2) is 39.1 Å². The highest BCUT2D eigenvalue weighted by atomic mass is 19.3. The normalized spacial score (nSPS) is 11.4. The van der Waals surface area contributed by atoms with E-state index >= 15 is 0 Å². The minimum atomic E-state index is -2.76. The zero-order valence-corrected chi connectivity index (χ0v) is 16.2. The molecule has 2 amide bonds. The van der Waals surface area contributed by atoms with Gasteiger partial charge in [0, 0.05) is 24.9 Å². The molecule has 1 aromatic heterocycles. The molecule has 0 aliphatic rings. The average molecular weight is 391 g/mol. The number of nitrogens with zero attached hydrogens (tertiary/aromatic N) is 3. The summed E-state index contributed by atoms with van der Waals surface area (Å²) in [6, 6.07) is 6.17. The van der Waals surface area contributed by atoms with Crippen molar-refractivity contribution in [1.82, 2.24) is 19.8 Å². The van der Waals surface area contributed by atoms with Crippen LogP contribution in [-0.2, 0) is 6.54 Å². The molecule has 0 aliphatic heterocycles. The van der Waals surface area contributed by atoms with Gasteiger partial charge in [-0.05, 0) is 12.1 Å². The molecule has 2 aromatic rings. The maximum absolute atomic E-state index is 13.0. The summed E-state index contributed by atoms with van der Waals surface area (Å²) >= 11 is 0. The fraction of sp³-hybridized carbons (Fsp3) is 0.368. The second-order valence-corrected chi connectivity index (χ2v) is 7.31. The van der Waals surface area contributed by atoms with Gasteiger partial charge in [0.1, 0.15) is 11.7 Å². The molecule has 2 N–H and O–H groups in total. The van der Waals surface area contributed by atoms with Crippen molar-refractivity contribution in [2.75, 3.05) is 7.05 Å². The predicted molar refractivity (Wildman–Crippen MR) is 100 cm³/mol. The number of hydrogen-bond donors (Lipinski definition) is 2. The number of amides is 2. The van der Waals surface area contributed by atoms with Crippen LogP contribution in [0.1, 0.15) is 53.9 Å². The van der Waals surface area contributed by atoms with Gasteiger partial charge in [-0.3, -0.25) is 19.6 Å². The first kappa shape index (κ1) is 21.2. The first-order chi connectivity index (χ1) is 13.0. The van der Waals surface area contributed by atoms with E-state index in [2.05, 4.69) is 10.3 Å². The third kappa shape index (κ3) is 4.79. The molecule has 0 saturated carbocycles. The first-order valence-electron chi connectivity index (χ1n) is 8.57. The van der Waals surface area contributed by atoms with E-state index in [1.54, 1.807) is 32.9 Å². The van der Waals surface area contributed by atoms with E-state index in [4.69, 9.17) is 5.41 Å². The summed E-state index contributed by atoms with van der Waals surface area (Å²) < 4.78 is 26.6. The Morgan fingerprint density at radius 2 is 1.86 bits per heavy atom. The zero-order chi connectivity index (χ0) is 21.1. The van der Waals surface area contributed by atoms with E-state index in [0.717, 1.165) is 6.20 Å². The third-order valence-corrected chi connectivity index (χ3v) is 4.08. The van der Waals surface area contributed by atoms with Crippen LogP contribution >= 0.6 is 0 Å². The van der Waals surface area contributed by atoms with Crippen molar-refractivity contribution in [3.8, 4) is 0 Å². The van der Waals surface area contributed by atoms with Crippen LogP contribution < -0.4 is 5.32 Å². The monoisotopic (exact) mass is 391 g/mol. The topological polar surface area (TPSA) is 91.1 Å². The summed E-state index contributed by atoms with van der Waals surface area (Å²) in [7, 11) is 1.44. The second-order valence-electron chi connectivity index (χ2n) is 7.31. The Kier molecular flexibility index (Phi) is 6.27. The average Bonchev–Trinajstić information content (AvgIpc) is 3.08. The highest BCUT2D eigenvalue weighted by Gasteiger charge is 2.24. The third-order valence-electron chi connectivity index (χ3n) is 4.08. The number of aromatic nitrogens is 2. The van der Waals surface area contributed by atoms with Crippen LogP contribution in [0.2, 0.25) is 0 Å². The summed E-state index contributed by atoms with van der Waals surface area (Å²) in [5.41, 5.74) is -0.345. The van der Waals surface area contributed by atoms with Gasteiger partial charge in [0.15, 0.2) is 0 Å². The van der Waals surface area contributed by atoms with Gasteiger partial charge in [0.05, 0.1) is 17.7 Å². The highest BCUT2D eigenvalue weighted by Crippen LogP contribution is 2.17. The van der Waals surface area contributed by atoms with Crippen LogP contribution in [0, 0.1) is 10.8 Å². The summed E-state index contributed by atoms with van der Waals surface area (Å²) in [6.45, 7) is 2.44. The van der Waals surface area contributed by atoms with Crippen LogP contribution in [0.4, 0.5) is 8.78 Å². The molecule has 0 bridgehead atoms. The largest absolute Gasteiger partial charge is 0.334 e. The lowest BCUT2D eigenvalue weighted by molar-refractivity contribution is 0.0612. The lowest BCUT2D eigenvalue weighted by atomic mass is 9.94. The van der Waals surface area contributed by atoms with E-state index in [0.29, 0.717) is 4.57 Å². The maximum atomic E-state index is 13.0. The van der Waals surface area contributed by atoms with Crippen LogP contribution in [0.25, 0.3) is 0 Å². The molecular formula is C19H23F2N5O2. The lowest BCUT2D eigenvalue weighted by Gasteiger charge is -2.22. The van der Waals surface area contributed by atoms with Gasteiger partial charge < -0.3 is 10.2 Å². The van der Waals surface area contributed by atoms with E-state index in [9.17, 15) is 18.4 Å². The van der Waals surface area contributed by atoms with Gasteiger partial charge in [-0.15, -0.1) is 0 Å². The molecule has 150 valence electrons. The van der Waals surface area contributed by atoms with Gasteiger partial charge in [0.2, 0.25) is 0 Å². The number of hydrogen-bond acceptors (Lipinski definition) is 4. The van der Waals surface area contributed by atoms with Crippen LogP contribution in [0.15, 0.2) is 36.7 Å². The minimum absolute atomic E-state index is 0.0204. The number of halogens is 2. The van der Waals surface area contributed by atoms with E-state index in [1.165, 1.54) is 30.3 Å². The number of amidine groups is 1. The molecule has 7 nitrogen and oxygen atoms in total. The molecule has 0 saturated heterocycles. The molecular weight excluding hydrogens is 368 g/mol. The minimum Gasteiger partial charge on any atom is -0.334 e. The fourth-order valence-electron chi connectivity index (χ4n) is 2.37. The van der Waals surface area contributed by atoms with Crippen molar-refractivity contribution in [2.24, 2.45) is 5.41 Å². The molecule has 0 aliphatic carbocycles. The molecule has 0 radical (unpaired) electrons. The predicted octanol–water partition coefficient (Wildman–Crippen LogP) is 3.30. The van der Waals surface area contributed by atoms with Gasteiger partial charge >= 0.3 is 6.55 Å². The number of rotatable bonds is 5.